The van der Waals surface area contributed by atoms with Crippen molar-refractivity contribution in [2.24, 2.45) is 0 Å². The zero-order valence-electron chi connectivity index (χ0n) is 13.4. The van der Waals surface area contributed by atoms with Gasteiger partial charge in [-0.15, -0.1) is 5.10 Å². The van der Waals surface area contributed by atoms with E-state index in [1.54, 1.807) is 24.4 Å². The van der Waals surface area contributed by atoms with Crippen molar-refractivity contribution in [3.05, 3.63) is 72.2 Å². The molecular formula is C18H18FN5. The summed E-state index contributed by atoms with van der Waals surface area (Å²) >= 11 is 0. The first-order valence-electron chi connectivity index (χ1n) is 7.77. The number of hydrogen-bond donors (Lipinski definition) is 1. The quantitative estimate of drug-likeness (QED) is 0.748. The van der Waals surface area contributed by atoms with E-state index in [2.05, 4.69) is 20.5 Å². The highest BCUT2D eigenvalue weighted by Crippen LogP contribution is 2.22. The minimum absolute atomic E-state index is 0.256. The van der Waals surface area contributed by atoms with E-state index in [0.717, 1.165) is 12.2 Å². The predicted octanol–water partition coefficient (Wildman–Crippen LogP) is 3.78. The Hall–Kier alpha value is -3.02. The molecule has 3 rings (SSSR count). The molecule has 0 atom stereocenters. The molecule has 0 aliphatic heterocycles. The Kier molecular flexibility index (Phi) is 4.96. The van der Waals surface area contributed by atoms with Gasteiger partial charge in [0.15, 0.2) is 5.82 Å². The number of halogens is 1. The molecule has 0 aliphatic carbocycles. The van der Waals surface area contributed by atoms with Gasteiger partial charge in [-0.1, -0.05) is 36.4 Å². The molecule has 24 heavy (non-hydrogen) atoms. The van der Waals surface area contributed by atoms with Crippen molar-refractivity contribution in [3.63, 3.8) is 0 Å². The van der Waals surface area contributed by atoms with E-state index >= 15 is 0 Å². The summed E-state index contributed by atoms with van der Waals surface area (Å²) in [5.41, 5.74) is 1.59. The van der Waals surface area contributed by atoms with Crippen LogP contribution in [0.1, 0.15) is 12.5 Å². The lowest BCUT2D eigenvalue weighted by molar-refractivity contribution is 0.612. The lowest BCUT2D eigenvalue weighted by atomic mass is 10.2. The third-order valence-corrected chi connectivity index (χ3v) is 3.60. The molecule has 1 heterocycles. The van der Waals surface area contributed by atoms with Gasteiger partial charge in [-0.05, 0) is 25.1 Å². The molecule has 6 heteroatoms. The molecule has 0 unspecified atom stereocenters. The molecule has 1 N–H and O–H groups in total. The Morgan fingerprint density at radius 1 is 1.04 bits per heavy atom. The SMILES string of the molecule is CCN(c1ccccc1)c1cnnc(NCc2ccccc2F)n1. The van der Waals surface area contributed by atoms with Crippen molar-refractivity contribution in [1.82, 2.24) is 15.2 Å². The first kappa shape index (κ1) is 15.9. The molecule has 0 aliphatic rings. The molecule has 0 radical (unpaired) electrons. The van der Waals surface area contributed by atoms with Crippen LogP contribution in [0.2, 0.25) is 0 Å². The maximum Gasteiger partial charge on any atom is 0.244 e. The van der Waals surface area contributed by atoms with Crippen LogP contribution in [0.25, 0.3) is 0 Å². The fourth-order valence-electron chi connectivity index (χ4n) is 2.40. The van der Waals surface area contributed by atoms with Crippen molar-refractivity contribution in [3.8, 4) is 0 Å². The van der Waals surface area contributed by atoms with Gasteiger partial charge < -0.3 is 10.2 Å². The maximum atomic E-state index is 13.7. The van der Waals surface area contributed by atoms with Gasteiger partial charge >= 0.3 is 0 Å². The minimum atomic E-state index is -0.256. The Bertz CT molecular complexity index is 794. The van der Waals surface area contributed by atoms with Crippen LogP contribution in [0, 0.1) is 5.82 Å². The molecule has 0 saturated carbocycles. The summed E-state index contributed by atoms with van der Waals surface area (Å²) in [6.45, 7) is 3.09. The van der Waals surface area contributed by atoms with Crippen molar-refractivity contribution < 1.29 is 4.39 Å². The minimum Gasteiger partial charge on any atom is -0.349 e. The summed E-state index contributed by atoms with van der Waals surface area (Å²) in [4.78, 5) is 6.51. The lowest BCUT2D eigenvalue weighted by Gasteiger charge is -2.21. The van der Waals surface area contributed by atoms with Gasteiger partial charge in [-0.2, -0.15) is 10.1 Å². The second-order valence-electron chi connectivity index (χ2n) is 5.16. The molecule has 1 aromatic heterocycles. The third kappa shape index (κ3) is 3.65. The first-order chi connectivity index (χ1) is 11.8. The van der Waals surface area contributed by atoms with E-state index in [-0.39, 0.29) is 5.82 Å². The van der Waals surface area contributed by atoms with E-state index < -0.39 is 0 Å². The van der Waals surface area contributed by atoms with E-state index in [1.807, 2.05) is 42.2 Å². The van der Waals surface area contributed by atoms with Gasteiger partial charge in [-0.3, -0.25) is 0 Å². The summed E-state index contributed by atoms with van der Waals surface area (Å²) in [6, 6.07) is 16.6. The van der Waals surface area contributed by atoms with E-state index in [0.29, 0.717) is 23.9 Å². The Morgan fingerprint density at radius 3 is 2.54 bits per heavy atom. The smallest absolute Gasteiger partial charge is 0.244 e. The third-order valence-electron chi connectivity index (χ3n) is 3.60. The van der Waals surface area contributed by atoms with Gasteiger partial charge in [0, 0.05) is 24.3 Å². The summed E-state index contributed by atoms with van der Waals surface area (Å²) in [7, 11) is 0. The Labute approximate surface area is 140 Å². The molecule has 0 fully saturated rings. The topological polar surface area (TPSA) is 53.9 Å². The fourth-order valence-corrected chi connectivity index (χ4v) is 2.40. The highest BCUT2D eigenvalue weighted by atomic mass is 19.1. The molecule has 122 valence electrons. The van der Waals surface area contributed by atoms with Crippen molar-refractivity contribution in [1.29, 1.82) is 0 Å². The normalized spacial score (nSPS) is 10.4. The highest BCUT2D eigenvalue weighted by molar-refractivity contribution is 5.59. The molecule has 3 aromatic rings. The van der Waals surface area contributed by atoms with E-state index in [4.69, 9.17) is 0 Å². The molecule has 0 saturated heterocycles. The van der Waals surface area contributed by atoms with Gasteiger partial charge in [0.05, 0.1) is 6.20 Å². The summed E-state index contributed by atoms with van der Waals surface area (Å²) in [5.74, 6) is 0.799. The maximum absolute atomic E-state index is 13.7. The molecule has 0 spiro atoms. The Morgan fingerprint density at radius 2 is 1.79 bits per heavy atom. The largest absolute Gasteiger partial charge is 0.349 e. The molecule has 2 aromatic carbocycles. The number of nitrogens with one attached hydrogen (secondary N) is 1. The number of benzene rings is 2. The number of nitrogens with zero attached hydrogens (tertiary/aromatic N) is 4. The van der Waals surface area contributed by atoms with Gasteiger partial charge in [0.1, 0.15) is 5.82 Å². The predicted molar refractivity (Wildman–Crippen MR) is 92.7 cm³/mol. The summed E-state index contributed by atoms with van der Waals surface area (Å²) in [5, 5.41) is 11.0. The van der Waals surface area contributed by atoms with Crippen LogP contribution in [0.4, 0.5) is 21.8 Å². The second-order valence-corrected chi connectivity index (χ2v) is 5.16. The van der Waals surface area contributed by atoms with Crippen molar-refractivity contribution in [2.75, 3.05) is 16.8 Å². The van der Waals surface area contributed by atoms with Gasteiger partial charge in [0.25, 0.3) is 0 Å². The van der Waals surface area contributed by atoms with Crippen LogP contribution in [0.3, 0.4) is 0 Å². The number of hydrogen-bond acceptors (Lipinski definition) is 5. The van der Waals surface area contributed by atoms with Crippen LogP contribution in [0.15, 0.2) is 60.8 Å². The van der Waals surface area contributed by atoms with E-state index in [9.17, 15) is 4.39 Å². The molecule has 0 bridgehead atoms. The van der Waals surface area contributed by atoms with Crippen LogP contribution in [-0.4, -0.2) is 21.7 Å². The zero-order chi connectivity index (χ0) is 16.8. The highest BCUT2D eigenvalue weighted by Gasteiger charge is 2.10. The Balaban J connectivity index is 1.77. The molecular weight excluding hydrogens is 305 g/mol. The summed E-state index contributed by atoms with van der Waals surface area (Å²) in [6.07, 6.45) is 1.62. The number of rotatable bonds is 6. The lowest BCUT2D eigenvalue weighted by Crippen LogP contribution is -2.18. The average Bonchev–Trinajstić information content (AvgIpc) is 2.63. The molecule has 0 amide bonds. The monoisotopic (exact) mass is 323 g/mol. The summed E-state index contributed by atoms with van der Waals surface area (Å²) < 4.78 is 13.7. The standard InChI is InChI=1S/C18H18FN5/c1-2-24(15-9-4-3-5-10-15)17-13-21-23-18(22-17)20-12-14-8-6-7-11-16(14)19/h3-11,13H,2,12H2,1H3,(H,20,22,23). The van der Waals surface area contributed by atoms with Crippen molar-refractivity contribution >= 4 is 17.5 Å². The van der Waals surface area contributed by atoms with Gasteiger partial charge in [0.2, 0.25) is 5.95 Å². The van der Waals surface area contributed by atoms with Crippen LogP contribution in [-0.2, 0) is 6.54 Å². The number of anilines is 3. The zero-order valence-corrected chi connectivity index (χ0v) is 13.4. The van der Waals surface area contributed by atoms with E-state index in [1.165, 1.54) is 6.07 Å². The van der Waals surface area contributed by atoms with Gasteiger partial charge in [-0.25, -0.2) is 4.39 Å². The van der Waals surface area contributed by atoms with Crippen LogP contribution >= 0.6 is 0 Å². The number of para-hydroxylation sites is 1. The fraction of sp³-hybridized carbons (Fsp3) is 0.167. The van der Waals surface area contributed by atoms with Crippen molar-refractivity contribution in [2.45, 2.75) is 13.5 Å². The van der Waals surface area contributed by atoms with Crippen LogP contribution in [0.5, 0.6) is 0 Å². The second kappa shape index (κ2) is 7.50. The van der Waals surface area contributed by atoms with Crippen LogP contribution < -0.4 is 10.2 Å². The average molecular weight is 323 g/mol. The number of aromatic nitrogens is 3. The molecule has 5 nitrogen and oxygen atoms in total. The first-order valence-corrected chi connectivity index (χ1v) is 7.77.